The molecule has 3 aliphatic rings. The number of aromatic nitrogens is 2. The second-order valence-corrected chi connectivity index (χ2v) is 11.9. The van der Waals surface area contributed by atoms with Crippen molar-refractivity contribution in [2.75, 3.05) is 38.2 Å². The smallest absolute Gasteiger partial charge is 0.319 e. The van der Waals surface area contributed by atoms with Crippen molar-refractivity contribution in [3.63, 3.8) is 0 Å². The number of ether oxygens (including phenoxy) is 1. The van der Waals surface area contributed by atoms with Gasteiger partial charge in [0.15, 0.2) is 5.82 Å². The SMILES string of the molecule is CN1CCCC1CCOc1nc(N2CC3CCC(C2)N3)c2cc(Cl)c(-c3cc(O)cc4ccccc34)c(F)c2n1. The molecule has 4 aromatic rings. The number of aromatic hydroxyl groups is 1. The summed E-state index contributed by atoms with van der Waals surface area (Å²) < 4.78 is 22.8. The Hall–Kier alpha value is -3.20. The topological polar surface area (TPSA) is 73.8 Å². The molecule has 4 heterocycles. The fraction of sp³-hybridized carbons (Fsp3) is 0.419. The molecule has 0 aliphatic carbocycles. The molecule has 1 aromatic heterocycles. The van der Waals surface area contributed by atoms with Crippen LogP contribution in [0.25, 0.3) is 32.8 Å². The number of likely N-dealkylation sites (tertiary alicyclic amines) is 1. The van der Waals surface area contributed by atoms with E-state index in [1.165, 1.54) is 6.42 Å². The number of phenols is 1. The van der Waals surface area contributed by atoms with Crippen molar-refractivity contribution < 1.29 is 14.2 Å². The molecular weight excluding hydrogens is 529 g/mol. The van der Waals surface area contributed by atoms with E-state index in [0.717, 1.165) is 56.1 Å². The summed E-state index contributed by atoms with van der Waals surface area (Å²) in [6, 6.07) is 14.0. The molecule has 40 heavy (non-hydrogen) atoms. The maximum absolute atomic E-state index is 16.6. The normalized spacial score (nSPS) is 23.0. The number of piperazine rings is 1. The standard InChI is InChI=1S/C31H33ClFN5O2/c1-37-11-4-6-21(37)10-12-40-31-35-29-25(30(36-31)38-16-19-8-9-20(17-38)34-19)15-26(32)27(28(29)33)24-14-22(39)13-18-5-2-3-7-23(18)24/h2-3,5,7,13-15,19-21,34,39H,4,6,8-12,16-17H2,1H3. The minimum Gasteiger partial charge on any atom is -0.508 e. The quantitative estimate of drug-likeness (QED) is 0.310. The van der Waals surface area contributed by atoms with Gasteiger partial charge in [-0.05, 0) is 80.2 Å². The van der Waals surface area contributed by atoms with Crippen molar-refractivity contribution in [3.8, 4) is 22.9 Å². The maximum atomic E-state index is 16.6. The molecule has 7 nitrogen and oxygen atoms in total. The molecule has 3 unspecified atom stereocenters. The van der Waals surface area contributed by atoms with Gasteiger partial charge >= 0.3 is 6.01 Å². The third kappa shape index (κ3) is 4.62. The van der Waals surface area contributed by atoms with Crippen LogP contribution in [0.5, 0.6) is 11.8 Å². The van der Waals surface area contributed by atoms with Crippen LogP contribution in [-0.2, 0) is 0 Å². The molecule has 0 spiro atoms. The van der Waals surface area contributed by atoms with Crippen LogP contribution < -0.4 is 15.0 Å². The number of benzene rings is 3. The van der Waals surface area contributed by atoms with E-state index in [9.17, 15) is 5.11 Å². The van der Waals surface area contributed by atoms with Gasteiger partial charge in [0.2, 0.25) is 0 Å². The van der Waals surface area contributed by atoms with Crippen LogP contribution in [0.15, 0.2) is 42.5 Å². The predicted molar refractivity (Wildman–Crippen MR) is 157 cm³/mol. The molecule has 3 atom stereocenters. The molecule has 3 aromatic carbocycles. The number of anilines is 1. The number of hydrogen-bond donors (Lipinski definition) is 2. The monoisotopic (exact) mass is 561 g/mol. The summed E-state index contributed by atoms with van der Waals surface area (Å²) in [4.78, 5) is 14.0. The molecule has 0 radical (unpaired) electrons. The van der Waals surface area contributed by atoms with E-state index in [-0.39, 0.29) is 27.9 Å². The van der Waals surface area contributed by atoms with Gasteiger partial charge in [-0.3, -0.25) is 0 Å². The first-order valence-electron chi connectivity index (χ1n) is 14.2. The van der Waals surface area contributed by atoms with E-state index in [2.05, 4.69) is 27.1 Å². The molecule has 0 amide bonds. The Morgan fingerprint density at radius 3 is 2.65 bits per heavy atom. The first-order valence-corrected chi connectivity index (χ1v) is 14.6. The second-order valence-electron chi connectivity index (χ2n) is 11.4. The lowest BCUT2D eigenvalue weighted by Gasteiger charge is -2.34. The van der Waals surface area contributed by atoms with Crippen molar-refractivity contribution in [2.45, 2.75) is 50.2 Å². The molecule has 2 bridgehead atoms. The van der Waals surface area contributed by atoms with Crippen LogP contribution in [0.4, 0.5) is 10.2 Å². The zero-order valence-electron chi connectivity index (χ0n) is 22.5. The van der Waals surface area contributed by atoms with E-state index in [0.29, 0.717) is 41.5 Å². The summed E-state index contributed by atoms with van der Waals surface area (Å²) in [6.45, 7) is 3.14. The number of rotatable bonds is 6. The lowest BCUT2D eigenvalue weighted by molar-refractivity contribution is 0.223. The fourth-order valence-corrected chi connectivity index (χ4v) is 7.11. The molecule has 208 valence electrons. The highest BCUT2D eigenvalue weighted by molar-refractivity contribution is 6.35. The van der Waals surface area contributed by atoms with Gasteiger partial charge in [-0.25, -0.2) is 4.39 Å². The fourth-order valence-electron chi connectivity index (χ4n) is 6.81. The number of fused-ring (bicyclic) bond motifs is 4. The zero-order valence-corrected chi connectivity index (χ0v) is 23.3. The Labute approximate surface area is 237 Å². The third-order valence-electron chi connectivity index (χ3n) is 8.83. The number of halogens is 2. The minimum absolute atomic E-state index is 0.0461. The molecule has 0 saturated carbocycles. The molecule has 3 aliphatic heterocycles. The Morgan fingerprint density at radius 2 is 1.88 bits per heavy atom. The summed E-state index contributed by atoms with van der Waals surface area (Å²) in [5.74, 6) is 0.162. The van der Waals surface area contributed by atoms with Crippen LogP contribution in [0, 0.1) is 5.82 Å². The Kier molecular flexibility index (Phi) is 6.65. The van der Waals surface area contributed by atoms with Crippen molar-refractivity contribution in [1.29, 1.82) is 0 Å². The molecular formula is C31H33ClFN5O2. The highest BCUT2D eigenvalue weighted by Crippen LogP contribution is 2.43. The average molecular weight is 562 g/mol. The average Bonchev–Trinajstić information content (AvgIpc) is 3.51. The number of nitrogens with one attached hydrogen (secondary N) is 1. The van der Waals surface area contributed by atoms with Gasteiger partial charge in [-0.15, -0.1) is 0 Å². The lowest BCUT2D eigenvalue weighted by Crippen LogP contribution is -2.51. The predicted octanol–water partition coefficient (Wildman–Crippen LogP) is 5.75. The van der Waals surface area contributed by atoms with E-state index in [1.807, 2.05) is 24.3 Å². The van der Waals surface area contributed by atoms with Crippen LogP contribution in [0.2, 0.25) is 5.02 Å². The van der Waals surface area contributed by atoms with Gasteiger partial charge in [-0.1, -0.05) is 35.9 Å². The maximum Gasteiger partial charge on any atom is 0.319 e. The summed E-state index contributed by atoms with van der Waals surface area (Å²) >= 11 is 6.84. The zero-order chi connectivity index (χ0) is 27.4. The Morgan fingerprint density at radius 1 is 1.07 bits per heavy atom. The van der Waals surface area contributed by atoms with Crippen molar-refractivity contribution in [2.24, 2.45) is 0 Å². The van der Waals surface area contributed by atoms with Gasteiger partial charge in [0, 0.05) is 42.2 Å². The number of hydrogen-bond acceptors (Lipinski definition) is 7. The van der Waals surface area contributed by atoms with Crippen molar-refractivity contribution in [1.82, 2.24) is 20.2 Å². The lowest BCUT2D eigenvalue weighted by atomic mass is 9.96. The van der Waals surface area contributed by atoms with Crippen LogP contribution in [0.3, 0.4) is 0 Å². The van der Waals surface area contributed by atoms with Gasteiger partial charge in [0.1, 0.15) is 17.1 Å². The second kappa shape index (κ2) is 10.3. The van der Waals surface area contributed by atoms with E-state index >= 15 is 4.39 Å². The summed E-state index contributed by atoms with van der Waals surface area (Å²) in [6.07, 6.45) is 5.45. The largest absolute Gasteiger partial charge is 0.508 e. The van der Waals surface area contributed by atoms with Gasteiger partial charge in [-0.2, -0.15) is 9.97 Å². The molecule has 2 N–H and O–H groups in total. The van der Waals surface area contributed by atoms with Crippen LogP contribution >= 0.6 is 11.6 Å². The first-order chi connectivity index (χ1) is 19.4. The van der Waals surface area contributed by atoms with E-state index < -0.39 is 5.82 Å². The van der Waals surface area contributed by atoms with Crippen LogP contribution in [0.1, 0.15) is 32.1 Å². The van der Waals surface area contributed by atoms with Gasteiger partial charge in [0.05, 0.1) is 11.6 Å². The first kappa shape index (κ1) is 25.7. The number of nitrogens with zero attached hydrogens (tertiary/aromatic N) is 4. The van der Waals surface area contributed by atoms with E-state index in [1.54, 1.807) is 18.2 Å². The van der Waals surface area contributed by atoms with Crippen molar-refractivity contribution in [3.05, 3.63) is 53.3 Å². The number of phenolic OH excluding ortho intramolecular Hbond substituents is 1. The highest BCUT2D eigenvalue weighted by Gasteiger charge is 2.34. The molecule has 9 heteroatoms. The summed E-state index contributed by atoms with van der Waals surface area (Å²) in [7, 11) is 2.15. The highest BCUT2D eigenvalue weighted by atomic mass is 35.5. The van der Waals surface area contributed by atoms with E-state index in [4.69, 9.17) is 21.3 Å². The summed E-state index contributed by atoms with van der Waals surface area (Å²) in [5, 5.41) is 16.5. The van der Waals surface area contributed by atoms with Gasteiger partial charge in [0.25, 0.3) is 0 Å². The molecule has 3 fully saturated rings. The minimum atomic E-state index is -0.541. The van der Waals surface area contributed by atoms with Crippen molar-refractivity contribution >= 4 is 39.1 Å². The molecule has 7 rings (SSSR count). The Balaban J connectivity index is 1.34. The van der Waals surface area contributed by atoms with Crippen LogP contribution in [-0.4, -0.2) is 71.4 Å². The summed E-state index contributed by atoms with van der Waals surface area (Å²) in [5.41, 5.74) is 0.910. The van der Waals surface area contributed by atoms with Gasteiger partial charge < -0.3 is 25.0 Å². The third-order valence-corrected chi connectivity index (χ3v) is 9.13. The Bertz CT molecular complexity index is 1590. The molecule has 3 saturated heterocycles.